The van der Waals surface area contributed by atoms with Gasteiger partial charge in [0.2, 0.25) is 0 Å². The van der Waals surface area contributed by atoms with Crippen LogP contribution in [0.2, 0.25) is 10.0 Å². The lowest BCUT2D eigenvalue weighted by atomic mass is 9.62. The molecule has 0 saturated heterocycles. The van der Waals surface area contributed by atoms with Gasteiger partial charge in [-0.2, -0.15) is 0 Å². The first-order valence-corrected chi connectivity index (χ1v) is 7.17. The van der Waals surface area contributed by atoms with E-state index < -0.39 is 0 Å². The van der Waals surface area contributed by atoms with E-state index in [2.05, 4.69) is 0 Å². The largest absolute Gasteiger partial charge is 0.488 e. The molecule has 1 aromatic carbocycles. The molecule has 0 aliphatic heterocycles. The molecule has 2 aliphatic carbocycles. The Morgan fingerprint density at radius 1 is 1.22 bits per heavy atom. The Morgan fingerprint density at radius 2 is 1.94 bits per heavy atom. The summed E-state index contributed by atoms with van der Waals surface area (Å²) >= 11 is 12.0. The fourth-order valence-electron chi connectivity index (χ4n) is 3.30. The first kappa shape index (κ1) is 12.6. The van der Waals surface area contributed by atoms with Crippen LogP contribution in [0, 0.1) is 5.41 Å². The van der Waals surface area contributed by atoms with Crippen LogP contribution < -0.4 is 4.74 Å². The molecule has 2 nitrogen and oxygen atoms in total. The van der Waals surface area contributed by atoms with Crippen molar-refractivity contribution in [2.45, 2.75) is 44.3 Å². The number of hydrogen-bond donors (Lipinski definition) is 1. The van der Waals surface area contributed by atoms with Gasteiger partial charge in [0.1, 0.15) is 11.9 Å². The van der Waals surface area contributed by atoms with Crippen LogP contribution in [0.3, 0.4) is 0 Å². The minimum absolute atomic E-state index is 0.0248. The van der Waals surface area contributed by atoms with E-state index in [0.717, 1.165) is 12.8 Å². The van der Waals surface area contributed by atoms with Gasteiger partial charge in [0.05, 0.1) is 11.1 Å². The molecule has 0 bridgehead atoms. The molecule has 0 heterocycles. The zero-order chi connectivity index (χ0) is 12.8. The number of aliphatic hydroxyl groups excluding tert-OH is 1. The summed E-state index contributed by atoms with van der Waals surface area (Å²) in [7, 11) is 0. The predicted octanol–water partition coefficient (Wildman–Crippen LogP) is 4.07. The quantitative estimate of drug-likeness (QED) is 0.888. The van der Waals surface area contributed by atoms with Crippen molar-refractivity contribution >= 4 is 23.2 Å². The van der Waals surface area contributed by atoms with E-state index >= 15 is 0 Å². The number of benzene rings is 1. The predicted molar refractivity (Wildman–Crippen MR) is 72.4 cm³/mol. The molecular formula is C14H16Cl2O2. The number of hydrogen-bond acceptors (Lipinski definition) is 2. The molecule has 18 heavy (non-hydrogen) atoms. The summed E-state index contributed by atoms with van der Waals surface area (Å²) in [5.74, 6) is 0.671. The van der Waals surface area contributed by atoms with E-state index in [1.54, 1.807) is 18.2 Å². The van der Waals surface area contributed by atoms with Crippen LogP contribution in [-0.4, -0.2) is 17.3 Å². The van der Waals surface area contributed by atoms with E-state index in [1.165, 1.54) is 12.8 Å². The Labute approximate surface area is 117 Å². The van der Waals surface area contributed by atoms with Crippen LogP contribution in [0.1, 0.15) is 32.1 Å². The topological polar surface area (TPSA) is 29.5 Å². The normalized spacial score (nSPS) is 29.3. The summed E-state index contributed by atoms with van der Waals surface area (Å²) in [4.78, 5) is 0. The second-order valence-electron chi connectivity index (χ2n) is 5.37. The van der Waals surface area contributed by atoms with Crippen molar-refractivity contribution in [2.75, 3.05) is 0 Å². The fraction of sp³-hybridized carbons (Fsp3) is 0.571. The summed E-state index contributed by atoms with van der Waals surface area (Å²) < 4.78 is 5.99. The molecule has 2 fully saturated rings. The maximum Gasteiger partial charge on any atom is 0.138 e. The molecular weight excluding hydrogens is 271 g/mol. The van der Waals surface area contributed by atoms with E-state index in [-0.39, 0.29) is 17.6 Å². The highest BCUT2D eigenvalue weighted by Gasteiger charge is 2.57. The Hall–Kier alpha value is -0.440. The van der Waals surface area contributed by atoms with Crippen LogP contribution in [0.5, 0.6) is 5.75 Å². The number of rotatable bonds is 2. The summed E-state index contributed by atoms with van der Waals surface area (Å²) in [5.41, 5.74) is -0.0248. The third-order valence-corrected chi connectivity index (χ3v) is 4.97. The van der Waals surface area contributed by atoms with Crippen molar-refractivity contribution in [1.82, 2.24) is 0 Å². The van der Waals surface area contributed by atoms with Gasteiger partial charge in [0.25, 0.3) is 0 Å². The third kappa shape index (κ3) is 1.91. The summed E-state index contributed by atoms with van der Waals surface area (Å²) in [6, 6.07) is 5.27. The van der Waals surface area contributed by atoms with Gasteiger partial charge in [-0.3, -0.25) is 0 Å². The molecule has 0 radical (unpaired) electrons. The molecule has 1 N–H and O–H groups in total. The van der Waals surface area contributed by atoms with Gasteiger partial charge >= 0.3 is 0 Å². The highest BCUT2D eigenvalue weighted by atomic mass is 35.5. The Morgan fingerprint density at radius 3 is 2.56 bits per heavy atom. The third-order valence-electron chi connectivity index (χ3n) is 4.44. The van der Waals surface area contributed by atoms with Gasteiger partial charge in [0.15, 0.2) is 0 Å². The van der Waals surface area contributed by atoms with Crippen molar-refractivity contribution in [1.29, 1.82) is 0 Å². The maximum absolute atomic E-state index is 10.0. The monoisotopic (exact) mass is 286 g/mol. The molecule has 3 rings (SSSR count). The van der Waals surface area contributed by atoms with Crippen LogP contribution in [0.15, 0.2) is 18.2 Å². The molecule has 2 atom stereocenters. The second kappa shape index (κ2) is 4.59. The molecule has 1 aromatic rings. The molecule has 2 unspecified atom stereocenters. The Bertz CT molecular complexity index is 455. The maximum atomic E-state index is 10.0. The van der Waals surface area contributed by atoms with Crippen molar-refractivity contribution in [3.8, 4) is 5.75 Å². The fourth-order valence-corrected chi connectivity index (χ4v) is 3.76. The minimum atomic E-state index is -0.212. The van der Waals surface area contributed by atoms with E-state index in [1.807, 2.05) is 0 Å². The lowest BCUT2D eigenvalue weighted by Gasteiger charge is -2.51. The summed E-state index contributed by atoms with van der Waals surface area (Å²) in [6.45, 7) is 0. The molecule has 98 valence electrons. The van der Waals surface area contributed by atoms with Crippen molar-refractivity contribution in [2.24, 2.45) is 5.41 Å². The second-order valence-corrected chi connectivity index (χ2v) is 6.22. The lowest BCUT2D eigenvalue weighted by molar-refractivity contribution is -0.151. The lowest BCUT2D eigenvalue weighted by Crippen LogP contribution is -2.58. The molecule has 2 saturated carbocycles. The number of halogens is 2. The van der Waals surface area contributed by atoms with Gasteiger partial charge in [-0.15, -0.1) is 0 Å². The Kier molecular flexibility index (Phi) is 3.21. The van der Waals surface area contributed by atoms with Gasteiger partial charge in [-0.25, -0.2) is 0 Å². The Balaban J connectivity index is 1.77. The zero-order valence-electron chi connectivity index (χ0n) is 10.0. The van der Waals surface area contributed by atoms with Crippen molar-refractivity contribution in [3.05, 3.63) is 28.2 Å². The molecule has 0 aromatic heterocycles. The summed E-state index contributed by atoms with van der Waals surface area (Å²) in [6.07, 6.45) is 5.08. The SMILES string of the molecule is OC1CC(Oc2ccc(Cl)cc2Cl)C12CCCC2. The average Bonchev–Trinajstić information content (AvgIpc) is 2.83. The standard InChI is InChI=1S/C14H16Cl2O2/c15-9-3-4-11(10(16)7-9)18-13-8-12(17)14(13)5-1-2-6-14/h3-4,7,12-13,17H,1-2,5-6,8H2. The van der Waals surface area contributed by atoms with Crippen LogP contribution >= 0.6 is 23.2 Å². The van der Waals surface area contributed by atoms with Crippen molar-refractivity contribution < 1.29 is 9.84 Å². The van der Waals surface area contributed by atoms with Gasteiger partial charge in [-0.1, -0.05) is 36.0 Å². The van der Waals surface area contributed by atoms with Crippen molar-refractivity contribution in [3.63, 3.8) is 0 Å². The first-order chi connectivity index (χ1) is 8.62. The molecule has 0 amide bonds. The number of ether oxygens (including phenoxy) is 1. The molecule has 4 heteroatoms. The number of aliphatic hydroxyl groups is 1. The van der Waals surface area contributed by atoms with E-state index in [0.29, 0.717) is 22.2 Å². The first-order valence-electron chi connectivity index (χ1n) is 6.41. The zero-order valence-corrected chi connectivity index (χ0v) is 11.5. The average molecular weight is 287 g/mol. The van der Waals surface area contributed by atoms with Gasteiger partial charge in [0, 0.05) is 16.9 Å². The smallest absolute Gasteiger partial charge is 0.138 e. The van der Waals surface area contributed by atoms with E-state index in [4.69, 9.17) is 27.9 Å². The van der Waals surface area contributed by atoms with Crippen LogP contribution in [0.4, 0.5) is 0 Å². The minimum Gasteiger partial charge on any atom is -0.488 e. The van der Waals surface area contributed by atoms with E-state index in [9.17, 15) is 5.11 Å². The van der Waals surface area contributed by atoms with Crippen LogP contribution in [-0.2, 0) is 0 Å². The highest BCUT2D eigenvalue weighted by Crippen LogP contribution is 2.55. The highest BCUT2D eigenvalue weighted by molar-refractivity contribution is 6.35. The van der Waals surface area contributed by atoms with Gasteiger partial charge in [-0.05, 0) is 31.0 Å². The summed E-state index contributed by atoms with van der Waals surface area (Å²) in [5, 5.41) is 11.2. The van der Waals surface area contributed by atoms with Gasteiger partial charge < -0.3 is 9.84 Å². The molecule has 2 aliphatic rings. The van der Waals surface area contributed by atoms with Crippen LogP contribution in [0.25, 0.3) is 0 Å². The molecule has 1 spiro atoms.